The number of morpholine rings is 1. The molecule has 128 valence electrons. The first-order chi connectivity index (χ1) is 10.8. The van der Waals surface area contributed by atoms with Gasteiger partial charge in [0.15, 0.2) is 0 Å². The summed E-state index contributed by atoms with van der Waals surface area (Å²) >= 11 is 0. The molecular formula is C18H33NO3. The van der Waals surface area contributed by atoms with Gasteiger partial charge in [0.1, 0.15) is 6.61 Å². The predicted octanol–water partition coefficient (Wildman–Crippen LogP) is 3.56. The molecule has 0 spiro atoms. The molecule has 0 aromatic carbocycles. The highest BCUT2D eigenvalue weighted by molar-refractivity contribution is 5.69. The molecule has 1 rings (SSSR count). The van der Waals surface area contributed by atoms with Crippen LogP contribution in [-0.2, 0) is 14.3 Å². The lowest BCUT2D eigenvalue weighted by molar-refractivity contribution is -0.144. The monoisotopic (exact) mass is 311 g/mol. The number of esters is 1. The van der Waals surface area contributed by atoms with Crippen LogP contribution < -0.4 is 0 Å². The Morgan fingerprint density at radius 1 is 1.09 bits per heavy atom. The van der Waals surface area contributed by atoms with Gasteiger partial charge in [0.05, 0.1) is 13.2 Å². The number of hydrogen-bond donors (Lipinski definition) is 0. The SMILES string of the molecule is CCCCC/C=C\CCCCC(=O)OCCN1CCOCC1. The maximum atomic E-state index is 11.6. The maximum absolute atomic E-state index is 11.6. The number of ether oxygens (including phenoxy) is 2. The number of allylic oxidation sites excluding steroid dienone is 2. The second kappa shape index (κ2) is 13.8. The average Bonchev–Trinajstić information content (AvgIpc) is 2.54. The lowest BCUT2D eigenvalue weighted by Crippen LogP contribution is -2.38. The minimum Gasteiger partial charge on any atom is -0.464 e. The molecule has 1 aliphatic heterocycles. The third kappa shape index (κ3) is 10.8. The molecule has 1 aliphatic rings. The summed E-state index contributed by atoms with van der Waals surface area (Å²) in [4.78, 5) is 13.9. The molecule has 0 radical (unpaired) electrons. The highest BCUT2D eigenvalue weighted by atomic mass is 16.5. The van der Waals surface area contributed by atoms with E-state index in [1.807, 2.05) is 0 Å². The van der Waals surface area contributed by atoms with E-state index in [0.29, 0.717) is 13.0 Å². The molecule has 0 unspecified atom stereocenters. The van der Waals surface area contributed by atoms with Crippen molar-refractivity contribution in [3.63, 3.8) is 0 Å². The van der Waals surface area contributed by atoms with Crippen molar-refractivity contribution in [1.29, 1.82) is 0 Å². The van der Waals surface area contributed by atoms with Gasteiger partial charge < -0.3 is 9.47 Å². The zero-order valence-corrected chi connectivity index (χ0v) is 14.2. The maximum Gasteiger partial charge on any atom is 0.305 e. The van der Waals surface area contributed by atoms with Gasteiger partial charge in [-0.15, -0.1) is 0 Å². The van der Waals surface area contributed by atoms with Crippen molar-refractivity contribution >= 4 is 5.97 Å². The molecule has 0 bridgehead atoms. The van der Waals surface area contributed by atoms with Gasteiger partial charge in [-0.25, -0.2) is 0 Å². The van der Waals surface area contributed by atoms with Gasteiger partial charge in [-0.1, -0.05) is 31.9 Å². The highest BCUT2D eigenvalue weighted by Crippen LogP contribution is 2.05. The molecule has 1 heterocycles. The third-order valence-electron chi connectivity index (χ3n) is 3.92. The number of carbonyl (C=O) groups excluding carboxylic acids is 1. The summed E-state index contributed by atoms with van der Waals surface area (Å²) < 4.78 is 10.6. The van der Waals surface area contributed by atoms with Crippen molar-refractivity contribution in [2.24, 2.45) is 0 Å². The Hall–Kier alpha value is -0.870. The fourth-order valence-electron chi connectivity index (χ4n) is 2.46. The summed E-state index contributed by atoms with van der Waals surface area (Å²) in [7, 11) is 0. The van der Waals surface area contributed by atoms with Crippen LogP contribution in [0.4, 0.5) is 0 Å². The van der Waals surface area contributed by atoms with E-state index in [0.717, 1.165) is 52.1 Å². The topological polar surface area (TPSA) is 38.8 Å². The van der Waals surface area contributed by atoms with Crippen LogP contribution in [0.3, 0.4) is 0 Å². The van der Waals surface area contributed by atoms with Gasteiger partial charge >= 0.3 is 5.97 Å². The van der Waals surface area contributed by atoms with E-state index in [9.17, 15) is 4.79 Å². The van der Waals surface area contributed by atoms with E-state index in [2.05, 4.69) is 24.0 Å². The zero-order chi connectivity index (χ0) is 15.9. The first-order valence-corrected chi connectivity index (χ1v) is 8.93. The van der Waals surface area contributed by atoms with Crippen LogP contribution in [0.25, 0.3) is 0 Å². The molecule has 0 amide bonds. The predicted molar refractivity (Wildman–Crippen MR) is 90.0 cm³/mol. The van der Waals surface area contributed by atoms with Crippen LogP contribution in [0.2, 0.25) is 0 Å². The van der Waals surface area contributed by atoms with Crippen LogP contribution in [0.5, 0.6) is 0 Å². The number of nitrogens with zero attached hydrogens (tertiary/aromatic N) is 1. The van der Waals surface area contributed by atoms with E-state index >= 15 is 0 Å². The molecule has 22 heavy (non-hydrogen) atoms. The second-order valence-corrected chi connectivity index (χ2v) is 5.89. The van der Waals surface area contributed by atoms with E-state index in [1.54, 1.807) is 0 Å². The summed E-state index contributed by atoms with van der Waals surface area (Å²) in [6.07, 6.45) is 13.2. The van der Waals surface area contributed by atoms with Gasteiger partial charge in [-0.3, -0.25) is 9.69 Å². The summed E-state index contributed by atoms with van der Waals surface area (Å²) in [5.41, 5.74) is 0. The first kappa shape index (κ1) is 19.2. The molecule has 0 saturated carbocycles. The largest absolute Gasteiger partial charge is 0.464 e. The summed E-state index contributed by atoms with van der Waals surface area (Å²) in [6, 6.07) is 0. The van der Waals surface area contributed by atoms with Crippen LogP contribution in [0.15, 0.2) is 12.2 Å². The molecule has 0 N–H and O–H groups in total. The van der Waals surface area contributed by atoms with E-state index < -0.39 is 0 Å². The number of rotatable bonds is 12. The van der Waals surface area contributed by atoms with Gasteiger partial charge in [-0.2, -0.15) is 0 Å². The Labute approximate surface area is 135 Å². The van der Waals surface area contributed by atoms with Crippen LogP contribution in [0.1, 0.15) is 58.3 Å². The van der Waals surface area contributed by atoms with Crippen molar-refractivity contribution in [2.45, 2.75) is 58.3 Å². The molecule has 4 nitrogen and oxygen atoms in total. The summed E-state index contributed by atoms with van der Waals surface area (Å²) in [5.74, 6) is -0.0554. The zero-order valence-electron chi connectivity index (χ0n) is 14.2. The molecule has 0 aromatic rings. The van der Waals surface area contributed by atoms with Crippen molar-refractivity contribution in [1.82, 2.24) is 4.90 Å². The Morgan fingerprint density at radius 3 is 2.45 bits per heavy atom. The second-order valence-electron chi connectivity index (χ2n) is 5.89. The number of hydrogen-bond acceptors (Lipinski definition) is 4. The van der Waals surface area contributed by atoms with Crippen molar-refractivity contribution in [2.75, 3.05) is 39.5 Å². The number of carbonyl (C=O) groups is 1. The van der Waals surface area contributed by atoms with Crippen LogP contribution in [-0.4, -0.2) is 50.3 Å². The van der Waals surface area contributed by atoms with Gasteiger partial charge in [-0.05, 0) is 32.1 Å². The Kier molecular flexibility index (Phi) is 12.0. The Bertz CT molecular complexity index is 299. The first-order valence-electron chi connectivity index (χ1n) is 8.93. The Morgan fingerprint density at radius 2 is 1.77 bits per heavy atom. The van der Waals surface area contributed by atoms with Crippen LogP contribution in [0, 0.1) is 0 Å². The fraction of sp³-hybridized carbons (Fsp3) is 0.833. The lowest BCUT2D eigenvalue weighted by atomic mass is 10.1. The Balaban J connectivity index is 1.86. The summed E-state index contributed by atoms with van der Waals surface area (Å²) in [6.45, 7) is 7.04. The highest BCUT2D eigenvalue weighted by Gasteiger charge is 2.10. The quantitative estimate of drug-likeness (QED) is 0.314. The van der Waals surface area contributed by atoms with Gasteiger partial charge in [0.25, 0.3) is 0 Å². The standard InChI is InChI=1S/C18H33NO3/c1-2-3-4-5-6-7-8-9-10-11-18(20)22-17-14-19-12-15-21-16-13-19/h6-7H,2-5,8-17H2,1H3/b7-6-. The molecule has 4 heteroatoms. The van der Waals surface area contributed by atoms with Gasteiger partial charge in [0, 0.05) is 26.1 Å². The molecule has 0 atom stereocenters. The van der Waals surface area contributed by atoms with Crippen molar-refractivity contribution in [3.05, 3.63) is 12.2 Å². The molecule has 0 aliphatic carbocycles. The average molecular weight is 311 g/mol. The van der Waals surface area contributed by atoms with Gasteiger partial charge in [0.2, 0.25) is 0 Å². The van der Waals surface area contributed by atoms with Crippen LogP contribution >= 0.6 is 0 Å². The molecule has 0 aromatic heterocycles. The summed E-state index contributed by atoms with van der Waals surface area (Å²) in [5, 5.41) is 0. The minimum absolute atomic E-state index is 0.0554. The van der Waals surface area contributed by atoms with Crippen molar-refractivity contribution < 1.29 is 14.3 Å². The smallest absolute Gasteiger partial charge is 0.305 e. The third-order valence-corrected chi connectivity index (χ3v) is 3.92. The van der Waals surface area contributed by atoms with E-state index in [1.165, 1.54) is 25.7 Å². The molecule has 1 fully saturated rings. The molecular weight excluding hydrogens is 278 g/mol. The fourth-order valence-corrected chi connectivity index (χ4v) is 2.46. The van der Waals surface area contributed by atoms with E-state index in [4.69, 9.17) is 9.47 Å². The lowest BCUT2D eigenvalue weighted by Gasteiger charge is -2.26. The molecule has 1 saturated heterocycles. The number of unbranched alkanes of at least 4 members (excludes halogenated alkanes) is 5. The van der Waals surface area contributed by atoms with E-state index in [-0.39, 0.29) is 5.97 Å². The normalized spacial score (nSPS) is 16.2. The van der Waals surface area contributed by atoms with Crippen molar-refractivity contribution in [3.8, 4) is 0 Å². The minimum atomic E-state index is -0.0554.